The molecule has 6 nitrogen and oxygen atoms in total. The summed E-state index contributed by atoms with van der Waals surface area (Å²) < 4.78 is 7.40. The molecule has 4 heterocycles. The van der Waals surface area contributed by atoms with Gasteiger partial charge in [0.05, 0.1) is 7.11 Å². The fraction of sp³-hybridized carbons (Fsp3) is 0.400. The third-order valence-electron chi connectivity index (χ3n) is 5.93. The number of halogens is 2. The molecule has 0 unspecified atom stereocenters. The molecule has 28 heavy (non-hydrogen) atoms. The van der Waals surface area contributed by atoms with Crippen LogP contribution in [0, 0.1) is 11.8 Å². The van der Waals surface area contributed by atoms with Crippen LogP contribution in [0.25, 0.3) is 5.65 Å². The molecule has 0 saturated carbocycles. The minimum absolute atomic E-state index is 0. The van der Waals surface area contributed by atoms with Gasteiger partial charge in [-0.25, -0.2) is 0 Å². The van der Waals surface area contributed by atoms with Crippen LogP contribution < -0.4 is 9.64 Å². The first-order valence-electron chi connectivity index (χ1n) is 9.13. The van der Waals surface area contributed by atoms with E-state index in [-0.39, 0.29) is 24.8 Å². The zero-order chi connectivity index (χ0) is 17.7. The fourth-order valence-corrected chi connectivity index (χ4v) is 4.77. The molecule has 2 aromatic heterocycles. The number of ether oxygens (including phenoxy) is 1. The Balaban J connectivity index is 0.00000112. The molecule has 2 saturated heterocycles. The minimum Gasteiger partial charge on any atom is -0.497 e. The summed E-state index contributed by atoms with van der Waals surface area (Å²) in [5.74, 6) is 3.13. The van der Waals surface area contributed by atoms with Gasteiger partial charge in [-0.05, 0) is 42.8 Å². The number of rotatable bonds is 3. The summed E-state index contributed by atoms with van der Waals surface area (Å²) in [5.41, 5.74) is 2.28. The molecule has 2 fully saturated rings. The van der Waals surface area contributed by atoms with Crippen molar-refractivity contribution in [2.75, 3.05) is 38.7 Å². The Morgan fingerprint density at radius 2 is 1.75 bits per heavy atom. The van der Waals surface area contributed by atoms with Crippen molar-refractivity contribution in [2.24, 2.45) is 11.8 Å². The van der Waals surface area contributed by atoms with E-state index in [1.807, 2.05) is 24.4 Å². The lowest BCUT2D eigenvalue weighted by Crippen LogP contribution is -2.30. The van der Waals surface area contributed by atoms with Gasteiger partial charge in [-0.3, -0.25) is 9.30 Å². The Labute approximate surface area is 177 Å². The van der Waals surface area contributed by atoms with E-state index in [1.165, 1.54) is 5.56 Å². The van der Waals surface area contributed by atoms with Gasteiger partial charge in [0, 0.05) is 37.8 Å². The largest absolute Gasteiger partial charge is 0.497 e. The van der Waals surface area contributed by atoms with Crippen molar-refractivity contribution in [3.8, 4) is 5.75 Å². The van der Waals surface area contributed by atoms with Crippen molar-refractivity contribution in [3.05, 3.63) is 54.2 Å². The molecule has 2 aliphatic rings. The summed E-state index contributed by atoms with van der Waals surface area (Å²) in [5, 5.41) is 8.77. The van der Waals surface area contributed by atoms with Gasteiger partial charge in [0.2, 0.25) is 5.95 Å². The molecule has 0 N–H and O–H groups in total. The monoisotopic (exact) mass is 421 g/mol. The summed E-state index contributed by atoms with van der Waals surface area (Å²) in [7, 11) is 3.95. The van der Waals surface area contributed by atoms with Crippen LogP contribution in [-0.4, -0.2) is 53.3 Å². The van der Waals surface area contributed by atoms with Gasteiger partial charge in [0.1, 0.15) is 5.75 Å². The zero-order valence-corrected chi connectivity index (χ0v) is 17.6. The van der Waals surface area contributed by atoms with E-state index >= 15 is 0 Å². The summed E-state index contributed by atoms with van der Waals surface area (Å²) in [6.07, 6.45) is 2.05. The Morgan fingerprint density at radius 3 is 2.50 bits per heavy atom. The van der Waals surface area contributed by atoms with E-state index < -0.39 is 0 Å². The van der Waals surface area contributed by atoms with Crippen LogP contribution in [0.3, 0.4) is 0 Å². The molecule has 0 bridgehead atoms. The predicted molar refractivity (Wildman–Crippen MR) is 115 cm³/mol. The maximum absolute atomic E-state index is 5.31. The molecule has 3 aromatic rings. The van der Waals surface area contributed by atoms with Gasteiger partial charge >= 0.3 is 0 Å². The van der Waals surface area contributed by atoms with Crippen LogP contribution in [-0.2, 0) is 0 Å². The van der Waals surface area contributed by atoms with Crippen LogP contribution in [0.5, 0.6) is 5.75 Å². The lowest BCUT2D eigenvalue weighted by atomic mass is 9.89. The Bertz CT molecular complexity index is 932. The van der Waals surface area contributed by atoms with E-state index in [4.69, 9.17) is 4.74 Å². The van der Waals surface area contributed by atoms with Crippen molar-refractivity contribution in [3.63, 3.8) is 0 Å². The van der Waals surface area contributed by atoms with Crippen LogP contribution in [0.15, 0.2) is 48.7 Å². The lowest BCUT2D eigenvalue weighted by molar-refractivity contribution is 0.279. The van der Waals surface area contributed by atoms with Gasteiger partial charge in [0.25, 0.3) is 0 Å². The number of aromatic nitrogens is 3. The molecule has 150 valence electrons. The van der Waals surface area contributed by atoms with Gasteiger partial charge in [0.15, 0.2) is 5.65 Å². The number of hydrogen-bond donors (Lipinski definition) is 0. The van der Waals surface area contributed by atoms with Crippen LogP contribution in [0.4, 0.5) is 5.95 Å². The minimum atomic E-state index is 0. The first-order valence-corrected chi connectivity index (χ1v) is 9.13. The van der Waals surface area contributed by atoms with Crippen molar-refractivity contribution < 1.29 is 4.74 Å². The Morgan fingerprint density at radius 1 is 0.964 bits per heavy atom. The number of pyridine rings is 1. The number of methoxy groups -OCH3 is 1. The quantitative estimate of drug-likeness (QED) is 0.648. The number of anilines is 1. The second-order valence-electron chi connectivity index (χ2n) is 7.42. The van der Waals surface area contributed by atoms with Crippen LogP contribution >= 0.6 is 24.8 Å². The summed E-state index contributed by atoms with van der Waals surface area (Å²) >= 11 is 0. The first kappa shape index (κ1) is 20.7. The molecule has 0 aliphatic carbocycles. The normalized spacial score (nSPS) is 23.9. The third-order valence-corrected chi connectivity index (χ3v) is 5.93. The highest BCUT2D eigenvalue weighted by molar-refractivity contribution is 5.85. The predicted octanol–water partition coefficient (Wildman–Crippen LogP) is 3.32. The van der Waals surface area contributed by atoms with Gasteiger partial charge in [-0.1, -0.05) is 18.2 Å². The second kappa shape index (κ2) is 8.15. The molecular formula is C20H25Cl2N5O. The topological polar surface area (TPSA) is 45.9 Å². The molecule has 2 aliphatic heterocycles. The summed E-state index contributed by atoms with van der Waals surface area (Å²) in [4.78, 5) is 4.90. The van der Waals surface area contributed by atoms with Crippen LogP contribution in [0.2, 0.25) is 0 Å². The van der Waals surface area contributed by atoms with Crippen molar-refractivity contribution in [1.82, 2.24) is 19.5 Å². The third kappa shape index (κ3) is 3.30. The highest BCUT2D eigenvalue weighted by atomic mass is 35.5. The standard InChI is InChI=1S/C20H23N5O.2ClH/c1-23-11-15-12-24(20-22-21-18-5-3-4-10-25(18)20)13-17(15)19(23)14-6-8-16(26-2)9-7-14;;/h3-10,15,17,19H,11-13H2,1-2H3;2*1H/t15-,17+,19-;;/m0../s1. The van der Waals surface area contributed by atoms with Crippen LogP contribution in [0.1, 0.15) is 11.6 Å². The van der Waals surface area contributed by atoms with Gasteiger partial charge < -0.3 is 9.64 Å². The molecule has 8 heteroatoms. The number of hydrogen-bond acceptors (Lipinski definition) is 5. The SMILES string of the molecule is COc1ccc([C@H]2[C@@H]3CN(c4nnc5ccccn45)C[C@@H]3CN2C)cc1.Cl.Cl. The average Bonchev–Trinajstić information content (AvgIpc) is 3.33. The van der Waals surface area contributed by atoms with E-state index in [2.05, 4.69) is 55.7 Å². The molecular weight excluding hydrogens is 397 g/mol. The molecule has 0 radical (unpaired) electrons. The number of fused-ring (bicyclic) bond motifs is 2. The Hall–Kier alpha value is -2.02. The lowest BCUT2D eigenvalue weighted by Gasteiger charge is -2.27. The maximum atomic E-state index is 5.31. The molecule has 1 aromatic carbocycles. The Kier molecular flexibility index (Phi) is 6.03. The molecule has 0 amide bonds. The fourth-order valence-electron chi connectivity index (χ4n) is 4.77. The van der Waals surface area contributed by atoms with Crippen molar-refractivity contribution in [1.29, 1.82) is 0 Å². The molecule has 0 spiro atoms. The average molecular weight is 422 g/mol. The number of likely N-dealkylation sites (tertiary alicyclic amines) is 1. The van der Waals surface area contributed by atoms with Gasteiger partial charge in [-0.15, -0.1) is 35.0 Å². The number of nitrogens with zero attached hydrogens (tertiary/aromatic N) is 5. The second-order valence-corrected chi connectivity index (χ2v) is 7.42. The molecule has 5 rings (SSSR count). The summed E-state index contributed by atoms with van der Waals surface area (Å²) in [6.45, 7) is 3.17. The first-order chi connectivity index (χ1) is 12.7. The molecule has 3 atom stereocenters. The summed E-state index contributed by atoms with van der Waals surface area (Å²) in [6, 6.07) is 15.0. The maximum Gasteiger partial charge on any atom is 0.231 e. The van der Waals surface area contributed by atoms with E-state index in [0.29, 0.717) is 17.9 Å². The highest BCUT2D eigenvalue weighted by Gasteiger charge is 2.46. The smallest absolute Gasteiger partial charge is 0.231 e. The van der Waals surface area contributed by atoms with E-state index in [0.717, 1.165) is 37.0 Å². The van der Waals surface area contributed by atoms with Crippen molar-refractivity contribution >= 4 is 36.4 Å². The van der Waals surface area contributed by atoms with E-state index in [9.17, 15) is 0 Å². The van der Waals surface area contributed by atoms with E-state index in [1.54, 1.807) is 7.11 Å². The van der Waals surface area contributed by atoms with Gasteiger partial charge in [-0.2, -0.15) is 0 Å². The number of benzene rings is 1. The zero-order valence-electron chi connectivity index (χ0n) is 15.9. The van der Waals surface area contributed by atoms with Crippen molar-refractivity contribution in [2.45, 2.75) is 6.04 Å². The highest BCUT2D eigenvalue weighted by Crippen LogP contribution is 2.45.